The predicted molar refractivity (Wildman–Crippen MR) is 63.2 cm³/mol. The Morgan fingerprint density at radius 3 is 2.56 bits per heavy atom. The summed E-state index contributed by atoms with van der Waals surface area (Å²) in [6.45, 7) is 5.41. The van der Waals surface area contributed by atoms with E-state index in [0.29, 0.717) is 13.2 Å². The van der Waals surface area contributed by atoms with Crippen molar-refractivity contribution in [1.82, 2.24) is 9.97 Å². The van der Waals surface area contributed by atoms with Crippen molar-refractivity contribution in [3.8, 4) is 0 Å². The third kappa shape index (κ3) is 5.28. The van der Waals surface area contributed by atoms with Crippen LogP contribution in [-0.4, -0.2) is 29.5 Å². The van der Waals surface area contributed by atoms with Gasteiger partial charge in [0.2, 0.25) is 0 Å². The maximum Gasteiger partial charge on any atom is 0.157 e. The number of aryl methyl sites for hydroxylation is 1. The fourth-order valence-corrected chi connectivity index (χ4v) is 1.62. The van der Waals surface area contributed by atoms with Gasteiger partial charge in [-0.2, -0.15) is 0 Å². The molecule has 0 amide bonds. The third-order valence-electron chi connectivity index (χ3n) is 2.36. The van der Waals surface area contributed by atoms with Crippen molar-refractivity contribution in [2.45, 2.75) is 45.8 Å². The van der Waals surface area contributed by atoms with Crippen LogP contribution in [0.25, 0.3) is 0 Å². The van der Waals surface area contributed by atoms with Crippen LogP contribution in [0, 0.1) is 0 Å². The normalized spacial score (nSPS) is 11.2. The summed E-state index contributed by atoms with van der Waals surface area (Å²) in [5.41, 5.74) is 0. The molecule has 4 heteroatoms. The number of nitrogens with one attached hydrogen (secondary N) is 1. The van der Waals surface area contributed by atoms with Crippen molar-refractivity contribution in [1.29, 1.82) is 0 Å². The van der Waals surface area contributed by atoms with Crippen LogP contribution in [0.2, 0.25) is 0 Å². The molecule has 0 aliphatic rings. The molecule has 16 heavy (non-hydrogen) atoms. The second-order valence-electron chi connectivity index (χ2n) is 3.62. The van der Waals surface area contributed by atoms with Gasteiger partial charge < -0.3 is 14.5 Å². The monoisotopic (exact) mass is 226 g/mol. The molecule has 0 saturated carbocycles. The minimum Gasteiger partial charge on any atom is -0.353 e. The Kier molecular flexibility index (Phi) is 6.85. The van der Waals surface area contributed by atoms with Crippen molar-refractivity contribution in [3.63, 3.8) is 0 Å². The lowest BCUT2D eigenvalue weighted by molar-refractivity contribution is -0.140. The third-order valence-corrected chi connectivity index (χ3v) is 2.36. The largest absolute Gasteiger partial charge is 0.353 e. The maximum absolute atomic E-state index is 5.47. The van der Waals surface area contributed by atoms with Crippen LogP contribution in [0.4, 0.5) is 0 Å². The van der Waals surface area contributed by atoms with Crippen LogP contribution >= 0.6 is 0 Å². The molecular weight excluding hydrogens is 204 g/mol. The van der Waals surface area contributed by atoms with Crippen molar-refractivity contribution in [2.75, 3.05) is 13.2 Å². The molecule has 1 aromatic heterocycles. The molecule has 0 spiro atoms. The molecule has 0 aliphatic heterocycles. The van der Waals surface area contributed by atoms with E-state index in [1.54, 1.807) is 6.20 Å². The first kappa shape index (κ1) is 13.2. The minimum absolute atomic E-state index is 0.0356. The van der Waals surface area contributed by atoms with Crippen LogP contribution in [0.1, 0.15) is 38.9 Å². The fourth-order valence-electron chi connectivity index (χ4n) is 1.62. The van der Waals surface area contributed by atoms with Crippen molar-refractivity contribution in [2.24, 2.45) is 0 Å². The molecule has 1 rings (SSSR count). The van der Waals surface area contributed by atoms with Gasteiger partial charge in [-0.25, -0.2) is 4.98 Å². The Balaban J connectivity index is 2.08. The van der Waals surface area contributed by atoms with Gasteiger partial charge >= 0.3 is 0 Å². The summed E-state index contributed by atoms with van der Waals surface area (Å²) in [5.74, 6) is 1.06. The summed E-state index contributed by atoms with van der Waals surface area (Å²) in [4.78, 5) is 7.29. The van der Waals surface area contributed by atoms with E-state index in [-0.39, 0.29) is 6.29 Å². The number of aromatic amines is 1. The van der Waals surface area contributed by atoms with Gasteiger partial charge in [0.15, 0.2) is 6.29 Å². The van der Waals surface area contributed by atoms with E-state index in [9.17, 15) is 0 Å². The summed E-state index contributed by atoms with van der Waals surface area (Å²) in [6.07, 6.45) is 7.79. The number of hydrogen-bond donors (Lipinski definition) is 1. The summed E-state index contributed by atoms with van der Waals surface area (Å²) in [6, 6.07) is 0. The predicted octanol–water partition coefficient (Wildman–Crippen LogP) is 2.52. The Hall–Kier alpha value is -0.870. The fraction of sp³-hybridized carbons (Fsp3) is 0.750. The van der Waals surface area contributed by atoms with E-state index in [4.69, 9.17) is 9.47 Å². The first-order valence-electron chi connectivity index (χ1n) is 6.08. The first-order valence-corrected chi connectivity index (χ1v) is 6.08. The molecule has 4 nitrogen and oxygen atoms in total. The lowest BCUT2D eigenvalue weighted by Gasteiger charge is -2.16. The van der Waals surface area contributed by atoms with E-state index in [0.717, 1.165) is 31.5 Å². The zero-order valence-electron chi connectivity index (χ0n) is 10.2. The second-order valence-corrected chi connectivity index (χ2v) is 3.62. The standard InChI is InChI=1S/C12H22N2O2/c1-3-15-12(16-4-2)8-6-5-7-11-13-9-10-14-11/h9-10,12H,3-8H2,1-2H3,(H,13,14). The number of imidazole rings is 1. The molecule has 1 N–H and O–H groups in total. The number of ether oxygens (including phenoxy) is 2. The molecule has 0 aliphatic carbocycles. The van der Waals surface area contributed by atoms with Crippen LogP contribution < -0.4 is 0 Å². The number of H-pyrrole nitrogens is 1. The highest BCUT2D eigenvalue weighted by Crippen LogP contribution is 2.08. The van der Waals surface area contributed by atoms with E-state index >= 15 is 0 Å². The number of rotatable bonds is 9. The lowest BCUT2D eigenvalue weighted by atomic mass is 10.2. The van der Waals surface area contributed by atoms with Gasteiger partial charge in [-0.1, -0.05) is 0 Å². The van der Waals surface area contributed by atoms with E-state index in [2.05, 4.69) is 9.97 Å². The molecule has 0 bridgehead atoms. The quantitative estimate of drug-likeness (QED) is 0.520. The molecule has 0 fully saturated rings. The van der Waals surface area contributed by atoms with Gasteiger partial charge in [-0.3, -0.25) is 0 Å². The number of nitrogens with zero attached hydrogens (tertiary/aromatic N) is 1. The highest BCUT2D eigenvalue weighted by molar-refractivity contribution is 4.86. The molecule has 0 radical (unpaired) electrons. The average molecular weight is 226 g/mol. The lowest BCUT2D eigenvalue weighted by Crippen LogP contribution is -2.17. The van der Waals surface area contributed by atoms with Gasteiger partial charge in [-0.15, -0.1) is 0 Å². The molecule has 1 heterocycles. The summed E-state index contributed by atoms with van der Waals surface area (Å²) in [5, 5.41) is 0. The maximum atomic E-state index is 5.47. The Bertz CT molecular complexity index is 244. The van der Waals surface area contributed by atoms with Gasteiger partial charge in [0, 0.05) is 32.0 Å². The Morgan fingerprint density at radius 1 is 1.25 bits per heavy atom. The zero-order valence-corrected chi connectivity index (χ0v) is 10.2. The number of unbranched alkanes of at least 4 members (excludes halogenated alkanes) is 1. The second kappa shape index (κ2) is 8.30. The highest BCUT2D eigenvalue weighted by Gasteiger charge is 2.07. The smallest absolute Gasteiger partial charge is 0.157 e. The summed E-state index contributed by atoms with van der Waals surface area (Å²) in [7, 11) is 0. The molecule has 1 aromatic rings. The molecule has 0 aromatic carbocycles. The topological polar surface area (TPSA) is 47.1 Å². The average Bonchev–Trinajstić information content (AvgIpc) is 2.78. The van der Waals surface area contributed by atoms with Crippen LogP contribution in [0.15, 0.2) is 12.4 Å². The number of hydrogen-bond acceptors (Lipinski definition) is 3. The molecule has 0 atom stereocenters. The molecule has 92 valence electrons. The minimum atomic E-state index is -0.0356. The van der Waals surface area contributed by atoms with Gasteiger partial charge in [0.05, 0.1) is 0 Å². The SMILES string of the molecule is CCOC(CCCCc1ncc[nH]1)OCC. The van der Waals surface area contributed by atoms with Gasteiger partial charge in [0.25, 0.3) is 0 Å². The molecular formula is C12H22N2O2. The molecule has 0 unspecified atom stereocenters. The summed E-state index contributed by atoms with van der Waals surface area (Å²) >= 11 is 0. The van der Waals surface area contributed by atoms with Gasteiger partial charge in [-0.05, 0) is 33.1 Å². The number of aromatic nitrogens is 2. The van der Waals surface area contributed by atoms with Crippen molar-refractivity contribution < 1.29 is 9.47 Å². The van der Waals surface area contributed by atoms with Crippen LogP contribution in [0.5, 0.6) is 0 Å². The van der Waals surface area contributed by atoms with Crippen molar-refractivity contribution >= 4 is 0 Å². The highest BCUT2D eigenvalue weighted by atomic mass is 16.7. The first-order chi connectivity index (χ1) is 7.86. The van der Waals surface area contributed by atoms with Gasteiger partial charge in [0.1, 0.15) is 5.82 Å². The summed E-state index contributed by atoms with van der Waals surface area (Å²) < 4.78 is 10.9. The van der Waals surface area contributed by atoms with Crippen molar-refractivity contribution in [3.05, 3.63) is 18.2 Å². The van der Waals surface area contributed by atoms with Crippen LogP contribution in [0.3, 0.4) is 0 Å². The Morgan fingerprint density at radius 2 is 2.00 bits per heavy atom. The van der Waals surface area contributed by atoms with E-state index < -0.39 is 0 Å². The van der Waals surface area contributed by atoms with Crippen LogP contribution in [-0.2, 0) is 15.9 Å². The van der Waals surface area contributed by atoms with E-state index in [1.165, 1.54) is 0 Å². The molecule has 0 saturated heterocycles. The van der Waals surface area contributed by atoms with E-state index in [1.807, 2.05) is 20.0 Å². The Labute approximate surface area is 97.4 Å². The zero-order chi connectivity index (χ0) is 11.6.